The lowest BCUT2D eigenvalue weighted by Gasteiger charge is -2.20. The summed E-state index contributed by atoms with van der Waals surface area (Å²) in [7, 11) is 0. The van der Waals surface area contributed by atoms with Gasteiger partial charge in [0.1, 0.15) is 0 Å². The fraction of sp³-hybridized carbons (Fsp3) is 0.444. The summed E-state index contributed by atoms with van der Waals surface area (Å²) < 4.78 is 0.951. The molecule has 4 nitrogen and oxygen atoms in total. The molecule has 1 heterocycles. The van der Waals surface area contributed by atoms with E-state index in [9.17, 15) is 14.7 Å². The molecule has 0 bridgehead atoms. The number of hydrogen-bond acceptors (Lipinski definition) is 3. The third-order valence-electron chi connectivity index (χ3n) is 4.59. The second kappa shape index (κ2) is 6.57. The molecule has 1 unspecified atom stereocenters. The summed E-state index contributed by atoms with van der Waals surface area (Å²) in [4.78, 5) is 24.7. The predicted molar refractivity (Wildman–Crippen MR) is 90.6 cm³/mol. The highest BCUT2D eigenvalue weighted by Gasteiger charge is 2.40. The first kappa shape index (κ1) is 16.4. The van der Waals surface area contributed by atoms with Crippen molar-refractivity contribution in [1.29, 1.82) is 0 Å². The number of benzene rings is 1. The standard InChI is InChI=1S/C18H20BrNO3/c19-14-8-6-12(7-9-14)10-18(23)11-15(17(22)20-18)16(21)13-4-2-1-3-5-13/h6-9,11,13,23H,1-5,10H2,(H,20,22). The summed E-state index contributed by atoms with van der Waals surface area (Å²) in [5.74, 6) is -0.648. The number of aliphatic hydroxyl groups is 1. The van der Waals surface area contributed by atoms with Gasteiger partial charge < -0.3 is 10.4 Å². The highest BCUT2D eigenvalue weighted by molar-refractivity contribution is 9.10. The van der Waals surface area contributed by atoms with Gasteiger partial charge in [0.05, 0.1) is 5.57 Å². The van der Waals surface area contributed by atoms with Crippen LogP contribution >= 0.6 is 15.9 Å². The van der Waals surface area contributed by atoms with Gasteiger partial charge in [-0.3, -0.25) is 9.59 Å². The molecule has 5 heteroatoms. The van der Waals surface area contributed by atoms with Crippen LogP contribution in [-0.2, 0) is 16.0 Å². The van der Waals surface area contributed by atoms with Gasteiger partial charge in [0.15, 0.2) is 11.5 Å². The molecule has 1 amide bonds. The molecule has 0 radical (unpaired) electrons. The van der Waals surface area contributed by atoms with Crippen LogP contribution in [0.3, 0.4) is 0 Å². The zero-order valence-electron chi connectivity index (χ0n) is 12.8. The van der Waals surface area contributed by atoms with Crippen LogP contribution in [0.25, 0.3) is 0 Å². The Labute approximate surface area is 144 Å². The summed E-state index contributed by atoms with van der Waals surface area (Å²) >= 11 is 3.36. The number of halogens is 1. The van der Waals surface area contributed by atoms with Gasteiger partial charge in [-0.1, -0.05) is 47.3 Å². The van der Waals surface area contributed by atoms with Gasteiger partial charge in [-0.25, -0.2) is 0 Å². The smallest absolute Gasteiger partial charge is 0.257 e. The van der Waals surface area contributed by atoms with Crippen LogP contribution in [0, 0.1) is 5.92 Å². The second-order valence-corrected chi connectivity index (χ2v) is 7.35. The Hall–Kier alpha value is -1.46. The summed E-state index contributed by atoms with van der Waals surface area (Å²) in [6, 6.07) is 7.52. The van der Waals surface area contributed by atoms with Crippen LogP contribution < -0.4 is 5.32 Å². The minimum Gasteiger partial charge on any atom is -0.367 e. The van der Waals surface area contributed by atoms with Gasteiger partial charge >= 0.3 is 0 Å². The largest absolute Gasteiger partial charge is 0.367 e. The highest BCUT2D eigenvalue weighted by Crippen LogP contribution is 2.30. The molecule has 1 atom stereocenters. The number of hydrogen-bond donors (Lipinski definition) is 2. The molecule has 122 valence electrons. The van der Waals surface area contributed by atoms with Gasteiger partial charge in [0.25, 0.3) is 5.91 Å². The summed E-state index contributed by atoms with van der Waals surface area (Å²) in [6.07, 6.45) is 6.57. The van der Waals surface area contributed by atoms with E-state index in [0.29, 0.717) is 0 Å². The van der Waals surface area contributed by atoms with Gasteiger partial charge in [0.2, 0.25) is 0 Å². The lowest BCUT2D eigenvalue weighted by Crippen LogP contribution is -2.44. The Kier molecular flexibility index (Phi) is 4.69. The quantitative estimate of drug-likeness (QED) is 0.792. The van der Waals surface area contributed by atoms with E-state index >= 15 is 0 Å². The van der Waals surface area contributed by atoms with Crippen LogP contribution in [0.5, 0.6) is 0 Å². The lowest BCUT2D eigenvalue weighted by atomic mass is 9.83. The Morgan fingerprint density at radius 3 is 2.52 bits per heavy atom. The van der Waals surface area contributed by atoms with Gasteiger partial charge in [-0.2, -0.15) is 0 Å². The minimum atomic E-state index is -1.48. The van der Waals surface area contributed by atoms with Crippen molar-refractivity contribution in [3.05, 3.63) is 46.0 Å². The summed E-state index contributed by atoms with van der Waals surface area (Å²) in [6.45, 7) is 0. The SMILES string of the molecule is O=C1NC(O)(Cc2ccc(Br)cc2)C=C1C(=O)C1CCCCC1. The van der Waals surface area contributed by atoms with E-state index in [2.05, 4.69) is 21.2 Å². The van der Waals surface area contributed by atoms with E-state index < -0.39 is 11.6 Å². The first-order valence-electron chi connectivity index (χ1n) is 8.03. The summed E-state index contributed by atoms with van der Waals surface area (Å²) in [5.41, 5.74) is -0.472. The normalized spacial score (nSPS) is 25.1. The third kappa shape index (κ3) is 3.72. The fourth-order valence-corrected chi connectivity index (χ4v) is 3.65. The van der Waals surface area contributed by atoms with Crippen LogP contribution in [0.4, 0.5) is 0 Å². The first-order chi connectivity index (χ1) is 11.0. The first-order valence-corrected chi connectivity index (χ1v) is 8.82. The maximum atomic E-state index is 12.5. The van der Waals surface area contributed by atoms with E-state index in [0.717, 1.165) is 42.1 Å². The Bertz CT molecular complexity index is 647. The van der Waals surface area contributed by atoms with E-state index in [1.54, 1.807) is 0 Å². The highest BCUT2D eigenvalue weighted by atomic mass is 79.9. The Balaban J connectivity index is 1.76. The van der Waals surface area contributed by atoms with E-state index in [-0.39, 0.29) is 23.7 Å². The van der Waals surface area contributed by atoms with Crippen molar-refractivity contribution in [2.45, 2.75) is 44.2 Å². The van der Waals surface area contributed by atoms with Crippen LogP contribution in [0.2, 0.25) is 0 Å². The Morgan fingerprint density at radius 2 is 1.87 bits per heavy atom. The summed E-state index contributed by atoms with van der Waals surface area (Å²) in [5, 5.41) is 13.2. The van der Waals surface area contributed by atoms with Crippen molar-refractivity contribution in [2.75, 3.05) is 0 Å². The number of Topliss-reactive ketones (excluding diaryl/α,β-unsaturated/α-hetero) is 1. The molecule has 0 saturated heterocycles. The molecule has 2 N–H and O–H groups in total. The molecule has 1 saturated carbocycles. The predicted octanol–water partition coefficient (Wildman–Crippen LogP) is 2.89. The maximum Gasteiger partial charge on any atom is 0.257 e. The molecule has 2 aliphatic rings. The molecule has 23 heavy (non-hydrogen) atoms. The number of amides is 1. The minimum absolute atomic E-state index is 0.0734. The van der Waals surface area contributed by atoms with Gasteiger partial charge in [0, 0.05) is 16.8 Å². The number of rotatable bonds is 4. The molecular formula is C18H20BrNO3. The second-order valence-electron chi connectivity index (χ2n) is 6.44. The molecule has 0 aromatic heterocycles. The van der Waals surface area contributed by atoms with Crippen molar-refractivity contribution >= 4 is 27.6 Å². The molecule has 1 aromatic rings. The van der Waals surface area contributed by atoms with Crippen LogP contribution in [0.1, 0.15) is 37.7 Å². The number of nitrogens with one attached hydrogen (secondary N) is 1. The molecule has 1 fully saturated rings. The average Bonchev–Trinajstić information content (AvgIpc) is 2.84. The van der Waals surface area contributed by atoms with Crippen LogP contribution in [0.15, 0.2) is 40.4 Å². The third-order valence-corrected chi connectivity index (χ3v) is 5.11. The van der Waals surface area contributed by atoms with Gasteiger partial charge in [-0.15, -0.1) is 0 Å². The van der Waals surface area contributed by atoms with Crippen molar-refractivity contribution in [1.82, 2.24) is 5.32 Å². The molecule has 0 spiro atoms. The zero-order chi connectivity index (χ0) is 16.4. The molecule has 1 aliphatic heterocycles. The van der Waals surface area contributed by atoms with Crippen molar-refractivity contribution < 1.29 is 14.7 Å². The van der Waals surface area contributed by atoms with Crippen molar-refractivity contribution in [3.63, 3.8) is 0 Å². The number of carbonyl (C=O) groups excluding carboxylic acids is 2. The van der Waals surface area contributed by atoms with E-state index in [1.165, 1.54) is 6.08 Å². The molecular weight excluding hydrogens is 358 g/mol. The van der Waals surface area contributed by atoms with Crippen molar-refractivity contribution in [2.24, 2.45) is 5.92 Å². The number of ketones is 1. The topological polar surface area (TPSA) is 66.4 Å². The molecule has 1 aliphatic carbocycles. The van der Waals surface area contributed by atoms with Crippen LogP contribution in [-0.4, -0.2) is 22.5 Å². The lowest BCUT2D eigenvalue weighted by molar-refractivity contribution is -0.125. The zero-order valence-corrected chi connectivity index (χ0v) is 14.4. The van der Waals surface area contributed by atoms with Gasteiger partial charge in [-0.05, 0) is 36.6 Å². The molecule has 1 aromatic carbocycles. The number of carbonyl (C=O) groups is 2. The Morgan fingerprint density at radius 1 is 1.22 bits per heavy atom. The monoisotopic (exact) mass is 377 g/mol. The van der Waals surface area contributed by atoms with E-state index in [1.807, 2.05) is 24.3 Å². The van der Waals surface area contributed by atoms with Crippen molar-refractivity contribution in [3.8, 4) is 0 Å². The molecule has 3 rings (SSSR count). The average molecular weight is 378 g/mol. The maximum absolute atomic E-state index is 12.5. The van der Waals surface area contributed by atoms with E-state index in [4.69, 9.17) is 0 Å². The fourth-order valence-electron chi connectivity index (χ4n) is 3.38.